The first kappa shape index (κ1) is 28.2. The number of amides is 2. The van der Waals surface area contributed by atoms with Gasteiger partial charge in [-0.1, -0.05) is 50.2 Å². The summed E-state index contributed by atoms with van der Waals surface area (Å²) in [4.78, 5) is 35.3. The van der Waals surface area contributed by atoms with E-state index < -0.39 is 5.92 Å². The zero-order valence-electron chi connectivity index (χ0n) is 23.7. The van der Waals surface area contributed by atoms with Crippen molar-refractivity contribution in [2.24, 2.45) is 5.92 Å². The molecule has 8 heteroatoms. The normalized spacial score (nSPS) is 19.6. The summed E-state index contributed by atoms with van der Waals surface area (Å²) in [5.74, 6) is 0.782. The van der Waals surface area contributed by atoms with Crippen molar-refractivity contribution in [3.05, 3.63) is 82.0 Å². The van der Waals surface area contributed by atoms with Gasteiger partial charge in [-0.15, -0.1) is 11.3 Å². The summed E-state index contributed by atoms with van der Waals surface area (Å²) in [6.07, 6.45) is 0.882. The molecule has 0 unspecified atom stereocenters. The van der Waals surface area contributed by atoms with E-state index in [1.54, 1.807) is 18.4 Å². The number of nitrogens with one attached hydrogen (secondary N) is 1. The third-order valence-electron chi connectivity index (χ3n) is 7.87. The smallest absolute Gasteiger partial charge is 0.254 e. The van der Waals surface area contributed by atoms with Crippen LogP contribution in [0.2, 0.25) is 0 Å². The molecule has 2 amide bonds. The van der Waals surface area contributed by atoms with Gasteiger partial charge in [0, 0.05) is 49.7 Å². The van der Waals surface area contributed by atoms with Crippen molar-refractivity contribution in [1.82, 2.24) is 15.1 Å². The van der Waals surface area contributed by atoms with Crippen molar-refractivity contribution >= 4 is 28.8 Å². The Kier molecular flexibility index (Phi) is 9.07. The van der Waals surface area contributed by atoms with Gasteiger partial charge in [0.05, 0.1) is 24.8 Å². The molecule has 0 saturated carbocycles. The van der Waals surface area contributed by atoms with Gasteiger partial charge in [-0.25, -0.2) is 0 Å². The number of rotatable bonds is 10. The predicted molar refractivity (Wildman–Crippen MR) is 161 cm³/mol. The predicted octanol–water partition coefficient (Wildman–Crippen LogP) is 5.02. The van der Waals surface area contributed by atoms with Gasteiger partial charge in [-0.3, -0.25) is 14.5 Å². The topological polar surface area (TPSA) is 65.1 Å². The van der Waals surface area contributed by atoms with Crippen LogP contribution >= 0.6 is 11.3 Å². The maximum Gasteiger partial charge on any atom is 0.254 e. The number of thiophene rings is 1. The van der Waals surface area contributed by atoms with Gasteiger partial charge in [-0.05, 0) is 54.1 Å². The molecule has 0 bridgehead atoms. The van der Waals surface area contributed by atoms with Crippen LogP contribution in [0, 0.1) is 5.92 Å². The number of anilines is 1. The maximum absolute atomic E-state index is 13.8. The fourth-order valence-corrected chi connectivity index (χ4v) is 6.85. The lowest BCUT2D eigenvalue weighted by Crippen LogP contribution is -2.49. The second-order valence-electron chi connectivity index (χ2n) is 11.0. The number of nitrogens with zero attached hydrogens (tertiary/aromatic N) is 3. The van der Waals surface area contributed by atoms with Crippen LogP contribution in [-0.2, 0) is 4.79 Å². The summed E-state index contributed by atoms with van der Waals surface area (Å²) >= 11 is 1.61. The van der Waals surface area contributed by atoms with Crippen molar-refractivity contribution in [2.75, 3.05) is 57.8 Å². The number of piperazine rings is 1. The number of hydrogen-bond acceptors (Lipinski definition) is 6. The Labute approximate surface area is 241 Å². The average Bonchev–Trinajstić information content (AvgIpc) is 3.51. The molecule has 2 aromatic carbocycles. The molecule has 212 valence electrons. The van der Waals surface area contributed by atoms with Crippen LogP contribution in [0.25, 0.3) is 0 Å². The summed E-state index contributed by atoms with van der Waals surface area (Å²) in [5, 5.41) is 5.26. The van der Waals surface area contributed by atoms with Gasteiger partial charge in [0.15, 0.2) is 0 Å². The SMILES string of the molecule is COc1ccccc1N1CCN(CCCNC(=O)[C@H]2c3ccccc3C(=O)N(CC(C)C)[C@H]2c2cccs2)CC1. The minimum absolute atomic E-state index is 0.00639. The molecule has 3 aromatic rings. The second kappa shape index (κ2) is 12.9. The molecular formula is C32H40N4O3S. The number of methoxy groups -OCH3 is 1. The van der Waals surface area contributed by atoms with Crippen LogP contribution in [0.4, 0.5) is 5.69 Å². The molecule has 0 spiro atoms. The van der Waals surface area contributed by atoms with E-state index >= 15 is 0 Å². The van der Waals surface area contributed by atoms with Crippen molar-refractivity contribution in [1.29, 1.82) is 0 Å². The number of benzene rings is 2. The third-order valence-corrected chi connectivity index (χ3v) is 8.81. The van der Waals surface area contributed by atoms with Gasteiger partial charge in [-0.2, -0.15) is 0 Å². The molecule has 0 radical (unpaired) electrons. The number of fused-ring (bicyclic) bond motifs is 1. The van der Waals surface area contributed by atoms with E-state index in [0.29, 0.717) is 24.6 Å². The molecule has 2 aliphatic heterocycles. The Morgan fingerprint density at radius 1 is 1.02 bits per heavy atom. The van der Waals surface area contributed by atoms with Crippen LogP contribution in [0.5, 0.6) is 5.75 Å². The van der Waals surface area contributed by atoms with E-state index in [0.717, 1.165) is 61.0 Å². The highest BCUT2D eigenvalue weighted by Gasteiger charge is 2.44. The molecular weight excluding hydrogens is 520 g/mol. The highest BCUT2D eigenvalue weighted by molar-refractivity contribution is 7.10. The Morgan fingerprint density at radius 2 is 1.77 bits per heavy atom. The molecule has 5 rings (SSSR count). The zero-order valence-corrected chi connectivity index (χ0v) is 24.5. The first-order valence-corrected chi connectivity index (χ1v) is 15.2. The molecule has 7 nitrogen and oxygen atoms in total. The van der Waals surface area contributed by atoms with Crippen molar-refractivity contribution in [3.63, 3.8) is 0 Å². The first-order valence-electron chi connectivity index (χ1n) is 14.3. The molecule has 40 heavy (non-hydrogen) atoms. The standard InChI is InChI=1S/C32H40N4O3S/c1-23(2)22-36-30(28-14-8-21-40-28)29(24-10-4-5-11-25(24)32(36)38)31(37)33-15-9-16-34-17-19-35(20-18-34)26-12-6-7-13-27(26)39-3/h4-8,10-14,21,23,29-30H,9,15-20,22H2,1-3H3,(H,33,37)/t29-,30-/m0/s1. The van der Waals surface area contributed by atoms with E-state index in [-0.39, 0.29) is 17.9 Å². The first-order chi connectivity index (χ1) is 19.5. The number of para-hydroxylation sites is 2. The monoisotopic (exact) mass is 560 g/mol. The molecule has 3 heterocycles. The summed E-state index contributed by atoms with van der Waals surface area (Å²) in [7, 11) is 1.72. The van der Waals surface area contributed by atoms with Gasteiger partial charge < -0.3 is 19.9 Å². The van der Waals surface area contributed by atoms with E-state index in [4.69, 9.17) is 4.74 Å². The molecule has 1 N–H and O–H groups in total. The largest absolute Gasteiger partial charge is 0.495 e. The number of ether oxygens (including phenoxy) is 1. The van der Waals surface area contributed by atoms with Crippen LogP contribution in [0.1, 0.15) is 53.0 Å². The average molecular weight is 561 g/mol. The van der Waals surface area contributed by atoms with Crippen LogP contribution in [-0.4, -0.2) is 74.5 Å². The summed E-state index contributed by atoms with van der Waals surface area (Å²) in [6.45, 7) is 10.3. The highest BCUT2D eigenvalue weighted by Crippen LogP contribution is 2.44. The van der Waals surface area contributed by atoms with Gasteiger partial charge in [0.2, 0.25) is 5.91 Å². The maximum atomic E-state index is 13.8. The van der Waals surface area contributed by atoms with Gasteiger partial charge >= 0.3 is 0 Å². The molecule has 0 aliphatic carbocycles. The molecule has 2 atom stereocenters. The minimum atomic E-state index is -0.435. The molecule has 1 aromatic heterocycles. The number of carbonyl (C=O) groups excluding carboxylic acids is 2. The van der Waals surface area contributed by atoms with E-state index in [1.807, 2.05) is 52.7 Å². The quantitative estimate of drug-likeness (QED) is 0.353. The Bertz CT molecular complexity index is 1290. The third kappa shape index (κ3) is 6.03. The fourth-order valence-electron chi connectivity index (χ4n) is 5.97. The van der Waals surface area contributed by atoms with Crippen molar-refractivity contribution < 1.29 is 14.3 Å². The lowest BCUT2D eigenvalue weighted by Gasteiger charge is -2.42. The van der Waals surface area contributed by atoms with Crippen LogP contribution < -0.4 is 15.0 Å². The zero-order chi connectivity index (χ0) is 28.1. The fraction of sp³-hybridized carbons (Fsp3) is 0.438. The molecule has 2 aliphatic rings. The van der Waals surface area contributed by atoms with Crippen molar-refractivity contribution in [2.45, 2.75) is 32.2 Å². The van der Waals surface area contributed by atoms with Crippen LogP contribution in [0.15, 0.2) is 66.0 Å². The van der Waals surface area contributed by atoms with Gasteiger partial charge in [0.1, 0.15) is 5.75 Å². The van der Waals surface area contributed by atoms with E-state index in [2.05, 4.69) is 47.2 Å². The number of carbonyl (C=O) groups is 2. The van der Waals surface area contributed by atoms with Crippen LogP contribution in [0.3, 0.4) is 0 Å². The Balaban J connectivity index is 1.21. The minimum Gasteiger partial charge on any atom is -0.495 e. The molecule has 1 fully saturated rings. The highest BCUT2D eigenvalue weighted by atomic mass is 32.1. The lowest BCUT2D eigenvalue weighted by molar-refractivity contribution is -0.124. The summed E-state index contributed by atoms with van der Waals surface area (Å²) in [5.41, 5.74) is 2.62. The summed E-state index contributed by atoms with van der Waals surface area (Å²) < 4.78 is 5.55. The Morgan fingerprint density at radius 3 is 2.50 bits per heavy atom. The van der Waals surface area contributed by atoms with Crippen molar-refractivity contribution in [3.8, 4) is 5.75 Å². The molecule has 1 saturated heterocycles. The van der Waals surface area contributed by atoms with E-state index in [9.17, 15) is 9.59 Å². The Hall–Kier alpha value is -3.36. The van der Waals surface area contributed by atoms with E-state index in [1.165, 1.54) is 0 Å². The number of hydrogen-bond donors (Lipinski definition) is 1. The summed E-state index contributed by atoms with van der Waals surface area (Å²) in [6, 6.07) is 19.6. The van der Waals surface area contributed by atoms with Gasteiger partial charge in [0.25, 0.3) is 5.91 Å². The second-order valence-corrected chi connectivity index (χ2v) is 12.0. The lowest BCUT2D eigenvalue weighted by atomic mass is 9.81.